The maximum atomic E-state index is 9.11. The Labute approximate surface area is 93.1 Å². The van der Waals surface area contributed by atoms with Crippen LogP contribution in [0.4, 0.5) is 0 Å². The molecule has 0 saturated carbocycles. The molecular formula is C14H21O. The van der Waals surface area contributed by atoms with Gasteiger partial charge in [0, 0.05) is 5.92 Å². The summed E-state index contributed by atoms with van der Waals surface area (Å²) < 4.78 is 0. The van der Waals surface area contributed by atoms with Crippen LogP contribution in [-0.4, -0.2) is 11.7 Å². The summed E-state index contributed by atoms with van der Waals surface area (Å²) in [5.41, 5.74) is 3.82. The number of aryl methyl sites for hydroxylation is 1. The summed E-state index contributed by atoms with van der Waals surface area (Å²) in [6.45, 7) is 8.69. The zero-order chi connectivity index (χ0) is 11.4. The van der Waals surface area contributed by atoms with E-state index in [0.717, 1.165) is 12.3 Å². The minimum Gasteiger partial charge on any atom is -0.395 e. The Morgan fingerprint density at radius 1 is 1.27 bits per heavy atom. The van der Waals surface area contributed by atoms with Gasteiger partial charge in [-0.25, -0.2) is 0 Å². The second-order valence-electron chi connectivity index (χ2n) is 4.74. The highest BCUT2D eigenvalue weighted by atomic mass is 16.3. The van der Waals surface area contributed by atoms with E-state index in [1.807, 2.05) is 6.92 Å². The van der Waals surface area contributed by atoms with E-state index < -0.39 is 0 Å². The van der Waals surface area contributed by atoms with Crippen LogP contribution in [0.15, 0.2) is 18.2 Å². The van der Waals surface area contributed by atoms with Gasteiger partial charge < -0.3 is 5.11 Å². The molecule has 1 rings (SSSR count). The zero-order valence-corrected chi connectivity index (χ0v) is 10.2. The van der Waals surface area contributed by atoms with E-state index in [9.17, 15) is 0 Å². The van der Waals surface area contributed by atoms with Crippen LogP contribution in [0, 0.1) is 18.8 Å². The summed E-state index contributed by atoms with van der Waals surface area (Å²) in [6, 6.07) is 6.56. The second-order valence-corrected chi connectivity index (χ2v) is 4.74. The molecule has 0 bridgehead atoms. The Balaban J connectivity index is 2.94. The maximum absolute atomic E-state index is 9.11. The number of aliphatic hydroxyl groups excluding tert-OH is 1. The molecule has 0 unspecified atom stereocenters. The molecule has 1 nitrogen and oxygen atoms in total. The molecule has 1 heteroatoms. The summed E-state index contributed by atoms with van der Waals surface area (Å²) in [5, 5.41) is 9.11. The van der Waals surface area contributed by atoms with Gasteiger partial charge in [-0.15, -0.1) is 0 Å². The summed E-state index contributed by atoms with van der Waals surface area (Å²) >= 11 is 0. The van der Waals surface area contributed by atoms with Crippen molar-refractivity contribution in [1.82, 2.24) is 0 Å². The molecule has 0 fully saturated rings. The Bertz CT molecular complexity index is 315. The second kappa shape index (κ2) is 5.32. The van der Waals surface area contributed by atoms with Crippen molar-refractivity contribution in [1.29, 1.82) is 0 Å². The molecular weight excluding hydrogens is 184 g/mol. The molecule has 1 aromatic carbocycles. The van der Waals surface area contributed by atoms with Crippen molar-refractivity contribution >= 4 is 0 Å². The van der Waals surface area contributed by atoms with Crippen LogP contribution in [-0.2, 0) is 6.42 Å². The zero-order valence-electron chi connectivity index (χ0n) is 10.2. The molecule has 0 spiro atoms. The van der Waals surface area contributed by atoms with Gasteiger partial charge in [-0.2, -0.15) is 0 Å². The van der Waals surface area contributed by atoms with Crippen molar-refractivity contribution in [3.05, 3.63) is 40.8 Å². The molecule has 1 aromatic rings. The lowest BCUT2D eigenvalue weighted by atomic mass is 9.94. The van der Waals surface area contributed by atoms with Crippen molar-refractivity contribution < 1.29 is 5.11 Å². The SMILES string of the molecule is C[C](CO)c1cc(C)cc(CC(C)C)c1. The lowest BCUT2D eigenvalue weighted by molar-refractivity contribution is 0.315. The monoisotopic (exact) mass is 205 g/mol. The van der Waals surface area contributed by atoms with Gasteiger partial charge in [0.05, 0.1) is 6.61 Å². The standard InChI is InChI=1S/C14H21O/c1-10(2)5-13-6-11(3)7-14(8-13)12(4)9-15/h6-8,10,15H,5,9H2,1-4H3. The molecule has 0 aliphatic carbocycles. The average molecular weight is 205 g/mol. The topological polar surface area (TPSA) is 20.2 Å². The van der Waals surface area contributed by atoms with E-state index in [1.165, 1.54) is 16.7 Å². The summed E-state index contributed by atoms with van der Waals surface area (Å²) in [7, 11) is 0. The molecule has 0 amide bonds. The van der Waals surface area contributed by atoms with Crippen molar-refractivity contribution in [3.63, 3.8) is 0 Å². The first kappa shape index (κ1) is 12.3. The molecule has 0 aromatic heterocycles. The Hall–Kier alpha value is -0.820. The lowest BCUT2D eigenvalue weighted by Gasteiger charge is -2.12. The first-order valence-electron chi connectivity index (χ1n) is 5.57. The molecule has 83 valence electrons. The fraction of sp³-hybridized carbons (Fsp3) is 0.500. The molecule has 15 heavy (non-hydrogen) atoms. The third-order valence-corrected chi connectivity index (χ3v) is 2.51. The molecule has 1 N–H and O–H groups in total. The molecule has 0 heterocycles. The first-order valence-corrected chi connectivity index (χ1v) is 5.57. The maximum Gasteiger partial charge on any atom is 0.0534 e. The fourth-order valence-electron chi connectivity index (χ4n) is 1.79. The van der Waals surface area contributed by atoms with Crippen molar-refractivity contribution in [3.8, 4) is 0 Å². The van der Waals surface area contributed by atoms with E-state index in [-0.39, 0.29) is 6.61 Å². The number of hydrogen-bond donors (Lipinski definition) is 1. The van der Waals surface area contributed by atoms with Crippen LogP contribution >= 0.6 is 0 Å². The molecule has 0 aliphatic rings. The van der Waals surface area contributed by atoms with Crippen LogP contribution in [0.3, 0.4) is 0 Å². The van der Waals surface area contributed by atoms with E-state index in [1.54, 1.807) is 0 Å². The predicted molar refractivity (Wildman–Crippen MR) is 64.8 cm³/mol. The first-order chi connectivity index (χ1) is 7.02. The summed E-state index contributed by atoms with van der Waals surface area (Å²) in [6.07, 6.45) is 1.10. The summed E-state index contributed by atoms with van der Waals surface area (Å²) in [4.78, 5) is 0. The highest BCUT2D eigenvalue weighted by Crippen LogP contribution is 2.19. The largest absolute Gasteiger partial charge is 0.395 e. The van der Waals surface area contributed by atoms with Crippen LogP contribution in [0.25, 0.3) is 0 Å². The highest BCUT2D eigenvalue weighted by molar-refractivity contribution is 5.37. The molecule has 0 saturated heterocycles. The van der Waals surface area contributed by atoms with Crippen LogP contribution in [0.5, 0.6) is 0 Å². The molecule has 1 radical (unpaired) electrons. The quantitative estimate of drug-likeness (QED) is 0.800. The van der Waals surface area contributed by atoms with Gasteiger partial charge in [0.2, 0.25) is 0 Å². The fourth-order valence-corrected chi connectivity index (χ4v) is 1.79. The smallest absolute Gasteiger partial charge is 0.0534 e. The number of rotatable bonds is 4. The third-order valence-electron chi connectivity index (χ3n) is 2.51. The Morgan fingerprint density at radius 2 is 1.93 bits per heavy atom. The van der Waals surface area contributed by atoms with Crippen molar-refractivity contribution in [2.45, 2.75) is 34.1 Å². The van der Waals surface area contributed by atoms with Crippen LogP contribution < -0.4 is 0 Å². The van der Waals surface area contributed by atoms with Gasteiger partial charge >= 0.3 is 0 Å². The van der Waals surface area contributed by atoms with Gasteiger partial charge in [-0.3, -0.25) is 0 Å². The lowest BCUT2D eigenvalue weighted by Crippen LogP contribution is -2.03. The molecule has 0 atom stereocenters. The predicted octanol–water partition coefficient (Wildman–Crippen LogP) is 3.13. The number of aliphatic hydroxyl groups is 1. The van der Waals surface area contributed by atoms with Crippen LogP contribution in [0.1, 0.15) is 37.5 Å². The minimum atomic E-state index is 0.143. The van der Waals surface area contributed by atoms with E-state index >= 15 is 0 Å². The number of benzene rings is 1. The average Bonchev–Trinajstić information content (AvgIpc) is 2.14. The van der Waals surface area contributed by atoms with Gasteiger partial charge in [0.15, 0.2) is 0 Å². The highest BCUT2D eigenvalue weighted by Gasteiger charge is 2.07. The number of hydrogen-bond acceptors (Lipinski definition) is 1. The van der Waals surface area contributed by atoms with Gasteiger partial charge in [0.25, 0.3) is 0 Å². The van der Waals surface area contributed by atoms with Crippen molar-refractivity contribution in [2.24, 2.45) is 5.92 Å². The molecule has 0 aliphatic heterocycles. The van der Waals surface area contributed by atoms with Crippen LogP contribution in [0.2, 0.25) is 0 Å². The van der Waals surface area contributed by atoms with Gasteiger partial charge in [0.1, 0.15) is 0 Å². The summed E-state index contributed by atoms with van der Waals surface area (Å²) in [5.74, 6) is 1.72. The Kier molecular flexibility index (Phi) is 4.34. The minimum absolute atomic E-state index is 0.143. The van der Waals surface area contributed by atoms with Gasteiger partial charge in [-0.1, -0.05) is 44.5 Å². The normalized spacial score (nSPS) is 11.4. The van der Waals surface area contributed by atoms with E-state index in [4.69, 9.17) is 5.11 Å². The van der Waals surface area contributed by atoms with Crippen molar-refractivity contribution in [2.75, 3.05) is 6.61 Å². The van der Waals surface area contributed by atoms with Gasteiger partial charge in [-0.05, 0) is 30.4 Å². The van der Waals surface area contributed by atoms with E-state index in [0.29, 0.717) is 5.92 Å². The van der Waals surface area contributed by atoms with E-state index in [2.05, 4.69) is 39.0 Å². The Morgan fingerprint density at radius 3 is 2.47 bits per heavy atom. The third kappa shape index (κ3) is 3.67.